The number of carbonyl (C=O) groups excluding carboxylic acids is 2. The zero-order valence-electron chi connectivity index (χ0n) is 8.92. The lowest BCUT2D eigenvalue weighted by molar-refractivity contribution is -0.131. The second-order valence-electron chi connectivity index (χ2n) is 4.49. The highest BCUT2D eigenvalue weighted by Crippen LogP contribution is 2.18. The van der Waals surface area contributed by atoms with Gasteiger partial charge in [0.2, 0.25) is 8.32 Å². The van der Waals surface area contributed by atoms with Gasteiger partial charge in [0.05, 0.1) is 0 Å². The monoisotopic (exact) mass is 212 g/mol. The second kappa shape index (κ2) is 4.08. The molecular weight excluding hydrogens is 196 g/mol. The Bertz CT molecular complexity index is 286. The predicted molar refractivity (Wildman–Crippen MR) is 56.4 cm³/mol. The van der Waals surface area contributed by atoms with Crippen LogP contribution in [0.15, 0.2) is 11.6 Å². The largest absolute Gasteiger partial charge is 0.517 e. The Labute approximate surface area is 85.3 Å². The molecule has 14 heavy (non-hydrogen) atoms. The van der Waals surface area contributed by atoms with Crippen LogP contribution in [0.3, 0.4) is 0 Å². The molecule has 4 heteroatoms. The molecule has 0 radical (unpaired) electrons. The fraction of sp³-hybridized carbons (Fsp3) is 0.600. The van der Waals surface area contributed by atoms with Gasteiger partial charge in [0, 0.05) is 12.0 Å². The molecule has 1 rings (SSSR count). The summed E-state index contributed by atoms with van der Waals surface area (Å²) in [6.45, 7) is 5.86. The SMILES string of the molecule is C[Si](C)(C)OC(=O)C1=CC(=O)CCC1. The molecule has 3 nitrogen and oxygen atoms in total. The van der Waals surface area contributed by atoms with E-state index in [1.807, 2.05) is 19.6 Å². The van der Waals surface area contributed by atoms with Gasteiger partial charge in [-0.2, -0.15) is 0 Å². The number of rotatable bonds is 2. The van der Waals surface area contributed by atoms with E-state index in [-0.39, 0.29) is 11.8 Å². The molecule has 0 spiro atoms. The molecule has 0 aromatic heterocycles. The number of allylic oxidation sites excluding steroid dienone is 1. The van der Waals surface area contributed by atoms with E-state index in [1.165, 1.54) is 6.08 Å². The molecule has 0 heterocycles. The van der Waals surface area contributed by atoms with E-state index in [0.717, 1.165) is 6.42 Å². The third-order valence-corrected chi connectivity index (χ3v) is 2.66. The summed E-state index contributed by atoms with van der Waals surface area (Å²) in [5, 5.41) is 0. The van der Waals surface area contributed by atoms with Crippen LogP contribution in [0.1, 0.15) is 19.3 Å². The molecule has 0 amide bonds. The first-order valence-corrected chi connectivity index (χ1v) is 8.26. The molecule has 1 aliphatic carbocycles. The molecule has 78 valence electrons. The highest BCUT2D eigenvalue weighted by molar-refractivity contribution is 6.71. The van der Waals surface area contributed by atoms with Crippen molar-refractivity contribution in [1.82, 2.24) is 0 Å². The zero-order chi connectivity index (χ0) is 10.8. The van der Waals surface area contributed by atoms with Gasteiger partial charge < -0.3 is 4.43 Å². The first kappa shape index (κ1) is 11.2. The van der Waals surface area contributed by atoms with Gasteiger partial charge in [0.1, 0.15) is 0 Å². The van der Waals surface area contributed by atoms with Gasteiger partial charge in [0.15, 0.2) is 5.78 Å². The van der Waals surface area contributed by atoms with Crippen molar-refractivity contribution in [3.05, 3.63) is 11.6 Å². The lowest BCUT2D eigenvalue weighted by atomic mass is 9.99. The van der Waals surface area contributed by atoms with Crippen molar-refractivity contribution in [1.29, 1.82) is 0 Å². The minimum absolute atomic E-state index is 0.0405. The third kappa shape index (κ3) is 3.45. The molecule has 0 saturated carbocycles. The minimum atomic E-state index is -1.83. The average molecular weight is 212 g/mol. The van der Waals surface area contributed by atoms with E-state index in [9.17, 15) is 9.59 Å². The molecule has 0 aromatic rings. The third-order valence-electron chi connectivity index (χ3n) is 1.87. The van der Waals surface area contributed by atoms with Crippen LogP contribution >= 0.6 is 0 Å². The van der Waals surface area contributed by atoms with Crippen molar-refractivity contribution in [2.75, 3.05) is 0 Å². The molecule has 1 aliphatic rings. The molecule has 0 bridgehead atoms. The topological polar surface area (TPSA) is 43.4 Å². The smallest absolute Gasteiger partial charge is 0.320 e. The van der Waals surface area contributed by atoms with Crippen LogP contribution in [0.25, 0.3) is 0 Å². The van der Waals surface area contributed by atoms with Gasteiger partial charge in [-0.15, -0.1) is 0 Å². The van der Waals surface area contributed by atoms with Gasteiger partial charge in [-0.3, -0.25) is 4.79 Å². The molecule has 0 atom stereocenters. The van der Waals surface area contributed by atoms with Crippen LogP contribution in [0, 0.1) is 0 Å². The van der Waals surface area contributed by atoms with E-state index in [0.29, 0.717) is 18.4 Å². The quantitative estimate of drug-likeness (QED) is 0.658. The first-order valence-electron chi connectivity index (χ1n) is 4.85. The predicted octanol–water partition coefficient (Wildman–Crippen LogP) is 2.04. The maximum atomic E-state index is 11.6. The Morgan fingerprint density at radius 1 is 1.36 bits per heavy atom. The van der Waals surface area contributed by atoms with Crippen LogP contribution < -0.4 is 0 Å². The summed E-state index contributed by atoms with van der Waals surface area (Å²) in [5.41, 5.74) is 0.545. The summed E-state index contributed by atoms with van der Waals surface area (Å²) in [6.07, 6.45) is 3.44. The standard InChI is InChI=1S/C10H16O3Si/c1-14(2,3)13-10(12)8-5-4-6-9(11)7-8/h7H,4-6H2,1-3H3. The van der Waals surface area contributed by atoms with E-state index < -0.39 is 8.32 Å². The van der Waals surface area contributed by atoms with E-state index in [4.69, 9.17) is 4.43 Å². The summed E-state index contributed by atoms with van der Waals surface area (Å²) in [7, 11) is -1.83. The molecule has 0 N–H and O–H groups in total. The van der Waals surface area contributed by atoms with Crippen molar-refractivity contribution >= 4 is 20.1 Å². The molecule has 0 aliphatic heterocycles. The summed E-state index contributed by atoms with van der Waals surface area (Å²) in [6, 6.07) is 0. The van der Waals surface area contributed by atoms with Crippen molar-refractivity contribution in [2.45, 2.75) is 38.9 Å². The van der Waals surface area contributed by atoms with E-state index in [2.05, 4.69) is 0 Å². The summed E-state index contributed by atoms with van der Waals surface area (Å²) < 4.78 is 5.30. The zero-order valence-corrected chi connectivity index (χ0v) is 9.92. The van der Waals surface area contributed by atoms with Gasteiger partial charge >= 0.3 is 5.97 Å². The Morgan fingerprint density at radius 2 is 2.00 bits per heavy atom. The second-order valence-corrected chi connectivity index (χ2v) is 8.92. The van der Waals surface area contributed by atoms with E-state index >= 15 is 0 Å². The number of ketones is 1. The van der Waals surface area contributed by atoms with Crippen molar-refractivity contribution < 1.29 is 14.0 Å². The normalized spacial score (nSPS) is 17.6. The molecular formula is C10H16O3Si. The summed E-state index contributed by atoms with van der Waals surface area (Å²) >= 11 is 0. The Morgan fingerprint density at radius 3 is 2.50 bits per heavy atom. The number of hydrogen-bond acceptors (Lipinski definition) is 3. The van der Waals surface area contributed by atoms with Crippen LogP contribution in [-0.4, -0.2) is 20.1 Å². The van der Waals surface area contributed by atoms with Crippen LogP contribution in [0.4, 0.5) is 0 Å². The highest BCUT2D eigenvalue weighted by atomic mass is 28.4. The number of carbonyl (C=O) groups is 2. The summed E-state index contributed by atoms with van der Waals surface area (Å²) in [5.74, 6) is -0.254. The maximum Gasteiger partial charge on any atom is 0.320 e. The fourth-order valence-electron chi connectivity index (χ4n) is 1.30. The Kier molecular flexibility index (Phi) is 3.26. The van der Waals surface area contributed by atoms with E-state index in [1.54, 1.807) is 0 Å². The molecule has 0 aromatic carbocycles. The van der Waals surface area contributed by atoms with Gasteiger partial charge in [-0.05, 0) is 38.6 Å². The number of hydrogen-bond donors (Lipinski definition) is 0. The first-order chi connectivity index (χ1) is 6.38. The van der Waals surface area contributed by atoms with Crippen LogP contribution in [-0.2, 0) is 14.0 Å². The summed E-state index contributed by atoms with van der Waals surface area (Å²) in [4.78, 5) is 22.6. The molecule has 0 fully saturated rings. The molecule has 0 saturated heterocycles. The van der Waals surface area contributed by atoms with Crippen molar-refractivity contribution in [3.8, 4) is 0 Å². The van der Waals surface area contributed by atoms with Gasteiger partial charge in [0.25, 0.3) is 0 Å². The lowest BCUT2D eigenvalue weighted by Crippen LogP contribution is -2.30. The highest BCUT2D eigenvalue weighted by Gasteiger charge is 2.24. The Hall–Kier alpha value is -0.903. The molecule has 0 unspecified atom stereocenters. The van der Waals surface area contributed by atoms with Gasteiger partial charge in [-0.25, -0.2) is 4.79 Å². The fourth-order valence-corrected chi connectivity index (χ4v) is 1.98. The Balaban J connectivity index is 2.65. The van der Waals surface area contributed by atoms with Crippen molar-refractivity contribution in [3.63, 3.8) is 0 Å². The average Bonchev–Trinajstić information content (AvgIpc) is 2.01. The van der Waals surface area contributed by atoms with Crippen LogP contribution in [0.2, 0.25) is 19.6 Å². The van der Waals surface area contributed by atoms with Crippen LogP contribution in [0.5, 0.6) is 0 Å². The van der Waals surface area contributed by atoms with Gasteiger partial charge in [-0.1, -0.05) is 0 Å². The lowest BCUT2D eigenvalue weighted by Gasteiger charge is -2.19. The minimum Gasteiger partial charge on any atom is -0.517 e. The van der Waals surface area contributed by atoms with Crippen molar-refractivity contribution in [2.24, 2.45) is 0 Å². The maximum absolute atomic E-state index is 11.6.